The summed E-state index contributed by atoms with van der Waals surface area (Å²) < 4.78 is 7.63. The van der Waals surface area contributed by atoms with Crippen LogP contribution in [0, 0.1) is 0 Å². The summed E-state index contributed by atoms with van der Waals surface area (Å²) in [6.45, 7) is 1.01. The molecule has 0 aliphatic heterocycles. The van der Waals surface area contributed by atoms with E-state index < -0.39 is 0 Å². The number of carbonyl (C=O) groups is 1. The van der Waals surface area contributed by atoms with Gasteiger partial charge in [0.25, 0.3) is 5.91 Å². The highest BCUT2D eigenvalue weighted by Gasteiger charge is 2.18. The second-order valence-electron chi connectivity index (χ2n) is 3.99. The molecule has 1 aromatic carbocycles. The van der Waals surface area contributed by atoms with Gasteiger partial charge in [0.15, 0.2) is 0 Å². The highest BCUT2D eigenvalue weighted by atomic mass is 79.9. The molecule has 5 heteroatoms. The van der Waals surface area contributed by atoms with Gasteiger partial charge in [0, 0.05) is 31.6 Å². The Kier molecular flexibility index (Phi) is 4.04. The van der Waals surface area contributed by atoms with Gasteiger partial charge in [0.05, 0.1) is 11.1 Å². The van der Waals surface area contributed by atoms with Crippen LogP contribution in [0.15, 0.2) is 28.7 Å². The lowest BCUT2D eigenvalue weighted by Crippen LogP contribution is -2.28. The number of hydrogen-bond acceptors (Lipinski definition) is 2. The Morgan fingerprint density at radius 1 is 1.44 bits per heavy atom. The zero-order valence-corrected chi connectivity index (χ0v) is 12.0. The first-order valence-electron chi connectivity index (χ1n) is 5.67. The summed E-state index contributed by atoms with van der Waals surface area (Å²) in [5.74, 6) is -0.0994. The lowest BCUT2D eigenvalue weighted by molar-refractivity contribution is 0.0928. The van der Waals surface area contributed by atoms with Crippen molar-refractivity contribution in [3.63, 3.8) is 0 Å². The molecule has 2 rings (SSSR count). The highest BCUT2D eigenvalue weighted by molar-refractivity contribution is 9.10. The fourth-order valence-electron chi connectivity index (χ4n) is 1.95. The molecule has 0 saturated heterocycles. The molecule has 0 bridgehead atoms. The molecule has 1 N–H and O–H groups in total. The molecule has 0 saturated carbocycles. The fraction of sp³-hybridized carbons (Fsp3) is 0.308. The number of nitrogens with zero attached hydrogens (tertiary/aromatic N) is 1. The van der Waals surface area contributed by atoms with Crippen molar-refractivity contribution < 1.29 is 9.53 Å². The van der Waals surface area contributed by atoms with E-state index in [9.17, 15) is 4.79 Å². The molecule has 2 aromatic rings. The molecule has 0 spiro atoms. The first-order chi connectivity index (χ1) is 8.66. The van der Waals surface area contributed by atoms with Gasteiger partial charge >= 0.3 is 0 Å². The third-order valence-corrected chi connectivity index (χ3v) is 3.65. The largest absolute Gasteiger partial charge is 0.383 e. The van der Waals surface area contributed by atoms with Gasteiger partial charge in [-0.25, -0.2) is 0 Å². The van der Waals surface area contributed by atoms with E-state index in [0.29, 0.717) is 18.8 Å². The summed E-state index contributed by atoms with van der Waals surface area (Å²) in [6, 6.07) is 7.90. The topological polar surface area (TPSA) is 43.3 Å². The van der Waals surface area contributed by atoms with Crippen LogP contribution in [0.5, 0.6) is 0 Å². The SMILES string of the molecule is COCCNC(=O)c1c(Br)c2ccccc2n1C. The molecule has 0 radical (unpaired) electrons. The van der Waals surface area contributed by atoms with Crippen LogP contribution in [0.4, 0.5) is 0 Å². The Labute approximate surface area is 114 Å². The number of methoxy groups -OCH3 is 1. The Balaban J connectivity index is 2.36. The van der Waals surface area contributed by atoms with Crippen LogP contribution in [0.1, 0.15) is 10.5 Å². The zero-order valence-electron chi connectivity index (χ0n) is 10.4. The molecule has 4 nitrogen and oxygen atoms in total. The minimum atomic E-state index is -0.0994. The molecule has 0 aliphatic rings. The van der Waals surface area contributed by atoms with Crippen LogP contribution in [-0.4, -0.2) is 30.7 Å². The Morgan fingerprint density at radius 2 is 2.17 bits per heavy atom. The first-order valence-corrected chi connectivity index (χ1v) is 6.46. The summed E-state index contributed by atoms with van der Waals surface area (Å²) in [6.07, 6.45) is 0. The number of ether oxygens (including phenoxy) is 1. The molecule has 0 atom stereocenters. The van der Waals surface area contributed by atoms with Crippen molar-refractivity contribution >= 4 is 32.7 Å². The van der Waals surface area contributed by atoms with Gasteiger partial charge in [-0.05, 0) is 22.0 Å². The standard InChI is InChI=1S/C13H15BrN2O2/c1-16-10-6-4-3-5-9(10)11(14)12(16)13(17)15-7-8-18-2/h3-6H,7-8H2,1-2H3,(H,15,17). The van der Waals surface area contributed by atoms with E-state index in [1.165, 1.54) is 0 Å². The van der Waals surface area contributed by atoms with E-state index in [1.807, 2.05) is 35.9 Å². The Bertz CT molecular complexity index is 539. The summed E-state index contributed by atoms with van der Waals surface area (Å²) >= 11 is 3.50. The smallest absolute Gasteiger partial charge is 0.269 e. The minimum absolute atomic E-state index is 0.0994. The number of nitrogens with one attached hydrogen (secondary N) is 1. The van der Waals surface area contributed by atoms with Crippen molar-refractivity contribution in [2.45, 2.75) is 0 Å². The van der Waals surface area contributed by atoms with E-state index >= 15 is 0 Å². The van der Waals surface area contributed by atoms with Crippen LogP contribution in [-0.2, 0) is 11.8 Å². The van der Waals surface area contributed by atoms with Crippen LogP contribution in [0.3, 0.4) is 0 Å². The molecule has 0 aliphatic carbocycles. The predicted octanol–water partition coefficient (Wildman–Crippen LogP) is 2.32. The third-order valence-electron chi connectivity index (χ3n) is 2.85. The number of amides is 1. The molecule has 1 aromatic heterocycles. The second kappa shape index (κ2) is 5.54. The van der Waals surface area contributed by atoms with E-state index in [2.05, 4.69) is 21.2 Å². The maximum absolute atomic E-state index is 12.1. The van der Waals surface area contributed by atoms with Gasteiger partial charge in [-0.15, -0.1) is 0 Å². The molecule has 0 unspecified atom stereocenters. The van der Waals surface area contributed by atoms with Gasteiger partial charge in [0.1, 0.15) is 5.69 Å². The Hall–Kier alpha value is -1.33. The monoisotopic (exact) mass is 310 g/mol. The molecule has 0 fully saturated rings. The average Bonchev–Trinajstić information content (AvgIpc) is 2.63. The van der Waals surface area contributed by atoms with Gasteiger partial charge in [-0.3, -0.25) is 4.79 Å². The quantitative estimate of drug-likeness (QED) is 0.881. The van der Waals surface area contributed by atoms with Crippen LogP contribution < -0.4 is 5.32 Å². The van der Waals surface area contributed by atoms with Gasteiger partial charge in [-0.2, -0.15) is 0 Å². The van der Waals surface area contributed by atoms with Crippen molar-refractivity contribution in [1.82, 2.24) is 9.88 Å². The first kappa shape index (κ1) is 13.1. The number of fused-ring (bicyclic) bond motifs is 1. The second-order valence-corrected chi connectivity index (χ2v) is 4.78. The molecule has 96 valence electrons. The number of aryl methyl sites for hydroxylation is 1. The molecule has 1 heterocycles. The maximum atomic E-state index is 12.1. The maximum Gasteiger partial charge on any atom is 0.269 e. The highest BCUT2D eigenvalue weighted by Crippen LogP contribution is 2.29. The van der Waals surface area contributed by atoms with Crippen molar-refractivity contribution in [2.75, 3.05) is 20.3 Å². The molecule has 18 heavy (non-hydrogen) atoms. The number of para-hydroxylation sites is 1. The molecular weight excluding hydrogens is 296 g/mol. The molecule has 1 amide bonds. The average molecular weight is 311 g/mol. The number of benzene rings is 1. The number of hydrogen-bond donors (Lipinski definition) is 1. The third kappa shape index (κ3) is 2.28. The van der Waals surface area contributed by atoms with Crippen molar-refractivity contribution in [3.8, 4) is 0 Å². The number of halogens is 1. The van der Waals surface area contributed by atoms with E-state index in [-0.39, 0.29) is 5.91 Å². The summed E-state index contributed by atoms with van der Waals surface area (Å²) in [4.78, 5) is 12.1. The zero-order chi connectivity index (χ0) is 13.1. The van der Waals surface area contributed by atoms with E-state index in [1.54, 1.807) is 7.11 Å². The fourth-order valence-corrected chi connectivity index (χ4v) is 2.73. The van der Waals surface area contributed by atoms with Gasteiger partial charge < -0.3 is 14.6 Å². The van der Waals surface area contributed by atoms with Crippen molar-refractivity contribution in [3.05, 3.63) is 34.4 Å². The number of aromatic nitrogens is 1. The van der Waals surface area contributed by atoms with E-state index in [4.69, 9.17) is 4.74 Å². The number of rotatable bonds is 4. The summed E-state index contributed by atoms with van der Waals surface area (Å²) in [5, 5.41) is 3.87. The van der Waals surface area contributed by atoms with Gasteiger partial charge in [-0.1, -0.05) is 18.2 Å². The lowest BCUT2D eigenvalue weighted by atomic mass is 10.2. The minimum Gasteiger partial charge on any atom is -0.383 e. The van der Waals surface area contributed by atoms with Crippen LogP contribution in [0.2, 0.25) is 0 Å². The van der Waals surface area contributed by atoms with Gasteiger partial charge in [0.2, 0.25) is 0 Å². The van der Waals surface area contributed by atoms with Crippen molar-refractivity contribution in [2.24, 2.45) is 7.05 Å². The van der Waals surface area contributed by atoms with Crippen LogP contribution in [0.25, 0.3) is 10.9 Å². The Morgan fingerprint density at radius 3 is 2.83 bits per heavy atom. The summed E-state index contributed by atoms with van der Waals surface area (Å²) in [5.41, 5.74) is 1.66. The van der Waals surface area contributed by atoms with E-state index in [0.717, 1.165) is 15.4 Å². The summed E-state index contributed by atoms with van der Waals surface area (Å²) in [7, 11) is 3.50. The molecular formula is C13H15BrN2O2. The number of carbonyl (C=O) groups excluding carboxylic acids is 1. The predicted molar refractivity (Wildman–Crippen MR) is 74.8 cm³/mol. The lowest BCUT2D eigenvalue weighted by Gasteiger charge is -2.06. The van der Waals surface area contributed by atoms with Crippen LogP contribution >= 0.6 is 15.9 Å². The van der Waals surface area contributed by atoms with Crippen molar-refractivity contribution in [1.29, 1.82) is 0 Å². The normalized spacial score (nSPS) is 10.8.